The fraction of sp³-hybridized carbons (Fsp3) is 0.150. The predicted molar refractivity (Wildman–Crippen MR) is 116 cm³/mol. The number of halogens is 2. The van der Waals surface area contributed by atoms with E-state index < -0.39 is 5.25 Å². The Morgan fingerprint density at radius 3 is 2.75 bits per heavy atom. The zero-order chi connectivity index (χ0) is 20.3. The van der Waals surface area contributed by atoms with Gasteiger partial charge in [0.1, 0.15) is 0 Å². The number of aromatic nitrogens is 2. The van der Waals surface area contributed by atoms with Gasteiger partial charge in [-0.05, 0) is 37.3 Å². The fourth-order valence-electron chi connectivity index (χ4n) is 2.57. The Labute approximate surface area is 176 Å². The van der Waals surface area contributed by atoms with Gasteiger partial charge in [0.05, 0.1) is 31.9 Å². The minimum Gasteiger partial charge on any atom is -0.352 e. The van der Waals surface area contributed by atoms with Crippen molar-refractivity contribution in [2.24, 2.45) is 0 Å². The molecule has 2 aromatic carbocycles. The number of para-hydroxylation sites is 1. The number of rotatable bonds is 6. The molecule has 0 radical (unpaired) electrons. The van der Waals surface area contributed by atoms with E-state index in [1.165, 1.54) is 16.3 Å². The lowest BCUT2D eigenvalue weighted by Gasteiger charge is -2.16. The van der Waals surface area contributed by atoms with Crippen LogP contribution in [0.3, 0.4) is 0 Å². The lowest BCUT2D eigenvalue weighted by molar-refractivity contribution is -0.120. The SMILES string of the molecule is C=CCNC(=O)[C@@H](C)Sc1nc2ccccc2c(=O)n1-c1ccc(Cl)c(Cl)c1. The predicted octanol–water partition coefficient (Wildman–Crippen LogP) is 4.48. The summed E-state index contributed by atoms with van der Waals surface area (Å²) in [6, 6.07) is 12.0. The molecule has 0 saturated carbocycles. The molecule has 0 bridgehead atoms. The molecule has 0 aliphatic rings. The second kappa shape index (κ2) is 8.82. The van der Waals surface area contributed by atoms with Gasteiger partial charge in [-0.25, -0.2) is 4.98 Å². The summed E-state index contributed by atoms with van der Waals surface area (Å²) in [4.78, 5) is 30.1. The van der Waals surface area contributed by atoms with Crippen LogP contribution >= 0.6 is 35.0 Å². The van der Waals surface area contributed by atoms with Crippen LogP contribution in [-0.2, 0) is 4.79 Å². The third kappa shape index (κ3) is 4.24. The van der Waals surface area contributed by atoms with E-state index in [4.69, 9.17) is 23.2 Å². The first-order valence-electron chi connectivity index (χ1n) is 8.45. The summed E-state index contributed by atoms with van der Waals surface area (Å²) in [7, 11) is 0. The molecule has 3 aromatic rings. The zero-order valence-electron chi connectivity index (χ0n) is 15.0. The molecule has 1 atom stereocenters. The van der Waals surface area contributed by atoms with Crippen molar-refractivity contribution in [1.29, 1.82) is 0 Å². The van der Waals surface area contributed by atoms with Crippen LogP contribution in [0.4, 0.5) is 0 Å². The molecule has 0 spiro atoms. The van der Waals surface area contributed by atoms with E-state index in [2.05, 4.69) is 16.9 Å². The van der Waals surface area contributed by atoms with Crippen LogP contribution in [0.1, 0.15) is 6.92 Å². The van der Waals surface area contributed by atoms with E-state index in [-0.39, 0.29) is 11.5 Å². The Morgan fingerprint density at radius 2 is 2.04 bits per heavy atom. The fourth-order valence-corrected chi connectivity index (χ4v) is 3.82. The number of amides is 1. The molecular formula is C20H17Cl2N3O2S. The van der Waals surface area contributed by atoms with Crippen molar-refractivity contribution < 1.29 is 4.79 Å². The van der Waals surface area contributed by atoms with Crippen molar-refractivity contribution in [3.05, 3.63) is 75.5 Å². The Morgan fingerprint density at radius 1 is 1.29 bits per heavy atom. The molecular weight excluding hydrogens is 417 g/mol. The highest BCUT2D eigenvalue weighted by Crippen LogP contribution is 2.28. The van der Waals surface area contributed by atoms with Gasteiger partial charge in [0.15, 0.2) is 5.16 Å². The number of nitrogens with zero attached hydrogens (tertiary/aromatic N) is 2. The Balaban J connectivity index is 2.14. The van der Waals surface area contributed by atoms with Crippen LogP contribution in [0, 0.1) is 0 Å². The number of thioether (sulfide) groups is 1. The highest BCUT2D eigenvalue weighted by molar-refractivity contribution is 8.00. The van der Waals surface area contributed by atoms with Gasteiger partial charge >= 0.3 is 0 Å². The highest BCUT2D eigenvalue weighted by Gasteiger charge is 2.20. The number of fused-ring (bicyclic) bond motifs is 1. The maximum absolute atomic E-state index is 13.2. The summed E-state index contributed by atoms with van der Waals surface area (Å²) in [6.45, 7) is 5.71. The molecule has 1 amide bonds. The molecule has 0 aliphatic heterocycles. The number of hydrogen-bond donors (Lipinski definition) is 1. The molecule has 28 heavy (non-hydrogen) atoms. The van der Waals surface area contributed by atoms with E-state index in [0.29, 0.717) is 38.3 Å². The monoisotopic (exact) mass is 433 g/mol. The minimum atomic E-state index is -0.470. The van der Waals surface area contributed by atoms with Gasteiger partial charge < -0.3 is 5.32 Å². The van der Waals surface area contributed by atoms with Crippen molar-refractivity contribution >= 4 is 51.8 Å². The van der Waals surface area contributed by atoms with Crippen LogP contribution in [0.2, 0.25) is 10.0 Å². The van der Waals surface area contributed by atoms with E-state index in [1.54, 1.807) is 49.4 Å². The van der Waals surface area contributed by atoms with Crippen molar-refractivity contribution in [3.8, 4) is 5.69 Å². The van der Waals surface area contributed by atoms with Gasteiger partial charge in [-0.15, -0.1) is 6.58 Å². The average Bonchev–Trinajstić information content (AvgIpc) is 2.68. The lowest BCUT2D eigenvalue weighted by atomic mass is 10.2. The molecule has 0 saturated heterocycles. The Hall–Kier alpha value is -2.28. The first-order chi connectivity index (χ1) is 13.4. The van der Waals surface area contributed by atoms with Gasteiger partial charge in [-0.3, -0.25) is 14.2 Å². The van der Waals surface area contributed by atoms with E-state index >= 15 is 0 Å². The lowest BCUT2D eigenvalue weighted by Crippen LogP contribution is -2.32. The molecule has 3 rings (SSSR count). The summed E-state index contributed by atoms with van der Waals surface area (Å²) < 4.78 is 1.45. The Bertz CT molecular complexity index is 1110. The summed E-state index contributed by atoms with van der Waals surface area (Å²) >= 11 is 13.4. The highest BCUT2D eigenvalue weighted by atomic mass is 35.5. The van der Waals surface area contributed by atoms with Crippen molar-refractivity contribution in [3.63, 3.8) is 0 Å². The smallest absolute Gasteiger partial charge is 0.266 e. The first-order valence-corrected chi connectivity index (χ1v) is 10.1. The first kappa shape index (κ1) is 20.5. The number of carbonyl (C=O) groups excluding carboxylic acids is 1. The van der Waals surface area contributed by atoms with Gasteiger partial charge in [0.25, 0.3) is 5.56 Å². The molecule has 0 unspecified atom stereocenters. The summed E-state index contributed by atoms with van der Waals surface area (Å²) in [5.41, 5.74) is 0.842. The number of hydrogen-bond acceptors (Lipinski definition) is 4. The largest absolute Gasteiger partial charge is 0.352 e. The average molecular weight is 434 g/mol. The van der Waals surface area contributed by atoms with Crippen molar-refractivity contribution in [1.82, 2.24) is 14.9 Å². The molecule has 144 valence electrons. The van der Waals surface area contributed by atoms with Crippen molar-refractivity contribution in [2.45, 2.75) is 17.3 Å². The number of carbonyl (C=O) groups is 1. The van der Waals surface area contributed by atoms with Crippen LogP contribution < -0.4 is 10.9 Å². The summed E-state index contributed by atoms with van der Waals surface area (Å²) in [5, 5.41) is 3.86. The van der Waals surface area contributed by atoms with Crippen LogP contribution in [0.15, 0.2) is 65.1 Å². The molecule has 1 aromatic heterocycles. The molecule has 5 nitrogen and oxygen atoms in total. The summed E-state index contributed by atoms with van der Waals surface area (Å²) in [6.07, 6.45) is 1.61. The molecule has 0 fully saturated rings. The Kier molecular flexibility index (Phi) is 6.44. The molecule has 1 heterocycles. The van der Waals surface area contributed by atoms with Gasteiger partial charge in [-0.2, -0.15) is 0 Å². The topological polar surface area (TPSA) is 64.0 Å². The van der Waals surface area contributed by atoms with Gasteiger partial charge in [-0.1, -0.05) is 53.2 Å². The van der Waals surface area contributed by atoms with Crippen molar-refractivity contribution in [2.75, 3.05) is 6.54 Å². The standard InChI is InChI=1S/C20H17Cl2N3O2S/c1-3-10-23-18(26)12(2)28-20-24-17-7-5-4-6-14(17)19(27)25(20)13-8-9-15(21)16(22)11-13/h3-9,11-12H,1,10H2,2H3,(H,23,26)/t12-/m1/s1. The molecule has 0 aliphatic carbocycles. The van der Waals surface area contributed by atoms with E-state index in [0.717, 1.165) is 0 Å². The normalized spacial score (nSPS) is 12.0. The summed E-state index contributed by atoms with van der Waals surface area (Å²) in [5.74, 6) is -0.173. The molecule has 8 heteroatoms. The van der Waals surface area contributed by atoms with Crippen LogP contribution in [0.5, 0.6) is 0 Å². The quantitative estimate of drug-likeness (QED) is 0.353. The minimum absolute atomic E-state index is 0.173. The molecule has 1 N–H and O–H groups in total. The number of benzene rings is 2. The van der Waals surface area contributed by atoms with Crippen LogP contribution in [0.25, 0.3) is 16.6 Å². The maximum Gasteiger partial charge on any atom is 0.266 e. The van der Waals surface area contributed by atoms with Crippen LogP contribution in [-0.4, -0.2) is 27.3 Å². The van der Waals surface area contributed by atoms with E-state index in [9.17, 15) is 9.59 Å². The third-order valence-electron chi connectivity index (χ3n) is 3.98. The second-order valence-corrected chi connectivity index (χ2v) is 8.07. The van der Waals surface area contributed by atoms with Gasteiger partial charge in [0.2, 0.25) is 5.91 Å². The van der Waals surface area contributed by atoms with Gasteiger partial charge in [0, 0.05) is 6.54 Å². The third-order valence-corrected chi connectivity index (χ3v) is 5.77. The zero-order valence-corrected chi connectivity index (χ0v) is 17.3. The second-order valence-electron chi connectivity index (χ2n) is 5.94. The maximum atomic E-state index is 13.2. The van der Waals surface area contributed by atoms with E-state index in [1.807, 2.05) is 6.07 Å². The number of nitrogens with one attached hydrogen (secondary N) is 1.